The predicted molar refractivity (Wildman–Crippen MR) is 145 cm³/mol. The Hall–Kier alpha value is -3.50. The molecule has 2 heterocycles. The summed E-state index contributed by atoms with van der Waals surface area (Å²) < 4.78 is 19.3. The molecule has 1 atom stereocenters. The largest absolute Gasteiger partial charge is 0.481 e. The first-order chi connectivity index (χ1) is 18.1. The lowest BCUT2D eigenvalue weighted by Gasteiger charge is -2.41. The van der Waals surface area contributed by atoms with Crippen molar-refractivity contribution in [1.29, 1.82) is 0 Å². The lowest BCUT2D eigenvalue weighted by molar-refractivity contribution is -0.143. The van der Waals surface area contributed by atoms with Gasteiger partial charge in [0.15, 0.2) is 0 Å². The maximum absolute atomic E-state index is 14.0. The van der Waals surface area contributed by atoms with Crippen LogP contribution in [0.3, 0.4) is 0 Å². The van der Waals surface area contributed by atoms with Crippen molar-refractivity contribution in [2.24, 2.45) is 4.99 Å². The molecule has 0 unspecified atom stereocenters. The number of anilines is 2. The molecule has 0 amide bonds. The van der Waals surface area contributed by atoms with Gasteiger partial charge in [-0.15, -0.1) is 0 Å². The molecule has 9 nitrogen and oxygen atoms in total. The van der Waals surface area contributed by atoms with Crippen LogP contribution >= 0.6 is 0 Å². The number of hydrogen-bond acceptors (Lipinski definition) is 7. The van der Waals surface area contributed by atoms with Gasteiger partial charge in [-0.05, 0) is 49.2 Å². The van der Waals surface area contributed by atoms with Crippen molar-refractivity contribution >= 4 is 34.8 Å². The van der Waals surface area contributed by atoms with Gasteiger partial charge in [-0.25, -0.2) is 9.38 Å². The van der Waals surface area contributed by atoms with Gasteiger partial charge in [-0.3, -0.25) is 14.5 Å². The van der Waals surface area contributed by atoms with E-state index in [4.69, 9.17) is 19.9 Å². The van der Waals surface area contributed by atoms with Gasteiger partial charge >= 0.3 is 11.9 Å². The van der Waals surface area contributed by atoms with Gasteiger partial charge in [-0.1, -0.05) is 19.9 Å². The van der Waals surface area contributed by atoms with E-state index in [1.165, 1.54) is 17.7 Å². The third kappa shape index (κ3) is 7.75. The maximum Gasteiger partial charge on any atom is 0.303 e. The number of carboxylic acids is 2. The minimum Gasteiger partial charge on any atom is -0.481 e. The second-order valence-corrected chi connectivity index (χ2v) is 9.83. The Morgan fingerprint density at radius 1 is 1.11 bits per heavy atom. The number of hydrogen-bond donors (Lipinski definition) is 3. The van der Waals surface area contributed by atoms with Crippen molar-refractivity contribution < 1.29 is 28.9 Å². The van der Waals surface area contributed by atoms with Crippen molar-refractivity contribution in [3.05, 3.63) is 53.3 Å². The molecule has 0 aromatic heterocycles. The molecule has 1 fully saturated rings. The molecule has 0 radical (unpaired) electrons. The zero-order valence-corrected chi connectivity index (χ0v) is 22.4. The van der Waals surface area contributed by atoms with Gasteiger partial charge in [-0.2, -0.15) is 0 Å². The summed E-state index contributed by atoms with van der Waals surface area (Å²) in [6.07, 6.45) is 0.379. The zero-order chi connectivity index (χ0) is 27.8. The highest BCUT2D eigenvalue weighted by atomic mass is 19.1. The Labute approximate surface area is 222 Å². The van der Waals surface area contributed by atoms with Gasteiger partial charge < -0.3 is 25.2 Å². The summed E-state index contributed by atoms with van der Waals surface area (Å²) in [5, 5.41) is 19.3. The van der Waals surface area contributed by atoms with Gasteiger partial charge in [0.1, 0.15) is 11.7 Å². The maximum atomic E-state index is 14.0. The molecular weight excluding hydrogens is 491 g/mol. The van der Waals surface area contributed by atoms with Crippen LogP contribution in [0.1, 0.15) is 50.2 Å². The highest BCUT2D eigenvalue weighted by molar-refractivity contribution is 6.08. The first-order valence-corrected chi connectivity index (χ1v) is 12.8. The highest BCUT2D eigenvalue weighted by Gasteiger charge is 2.29. The minimum atomic E-state index is -1.08. The second-order valence-electron chi connectivity index (χ2n) is 9.83. The van der Waals surface area contributed by atoms with E-state index in [1.54, 1.807) is 13.2 Å². The van der Waals surface area contributed by atoms with Gasteiger partial charge in [0.2, 0.25) is 0 Å². The van der Waals surface area contributed by atoms with Crippen molar-refractivity contribution in [1.82, 2.24) is 9.80 Å². The summed E-state index contributed by atoms with van der Waals surface area (Å²) in [6, 6.07) is 11.7. The standard InChI is InChI=1S/C24H31FN4O.C4H6O4/c1-16(2)17-5-7-21-20(13-17)24(27-23-14-18(25)6-8-22(23)26-21)29-11-10-28(3)19(15-29)9-12-30-4;5-3(6)1-2-4(7)8/h5-8,13-14,16,19,26H,9-12,15H2,1-4H3;1-2H2,(H,5,6)(H,7,8)/t19-;/m0./s1. The number of aliphatic imine (C=N–C) groups is 1. The number of benzene rings is 2. The summed E-state index contributed by atoms with van der Waals surface area (Å²) in [7, 11) is 3.92. The number of fused-ring (bicyclic) bond motifs is 2. The zero-order valence-electron chi connectivity index (χ0n) is 22.4. The second kappa shape index (κ2) is 13.3. The summed E-state index contributed by atoms with van der Waals surface area (Å²) in [4.78, 5) is 29.0. The van der Waals surface area contributed by atoms with Crippen LogP contribution in [-0.2, 0) is 14.3 Å². The first-order valence-electron chi connectivity index (χ1n) is 12.8. The van der Waals surface area contributed by atoms with Crippen molar-refractivity contribution in [2.45, 2.75) is 45.1 Å². The fourth-order valence-corrected chi connectivity index (χ4v) is 4.40. The molecule has 1 saturated heterocycles. The van der Waals surface area contributed by atoms with Gasteiger partial charge in [0.05, 0.1) is 24.2 Å². The summed E-state index contributed by atoms with van der Waals surface area (Å²) in [5.41, 5.74) is 4.82. The van der Waals surface area contributed by atoms with Crippen molar-refractivity contribution in [3.63, 3.8) is 0 Å². The van der Waals surface area contributed by atoms with Crippen molar-refractivity contribution in [2.75, 3.05) is 45.7 Å². The number of carbonyl (C=O) groups is 2. The Bertz CT molecular complexity index is 1160. The molecule has 0 saturated carbocycles. The third-order valence-corrected chi connectivity index (χ3v) is 6.69. The SMILES string of the molecule is COCC[C@H]1CN(C2=Nc3cc(F)ccc3Nc3ccc(C(C)C)cc32)CCN1C.O=C(O)CCC(=O)O. The number of likely N-dealkylation sites (N-methyl/N-ethyl adjacent to an activating group) is 1. The topological polar surface area (TPSA) is 115 Å². The number of carboxylic acid groups (broad SMARTS) is 2. The van der Waals surface area contributed by atoms with Gasteiger partial charge in [0.25, 0.3) is 0 Å². The number of amidine groups is 1. The number of nitrogens with one attached hydrogen (secondary N) is 1. The fourth-order valence-electron chi connectivity index (χ4n) is 4.40. The molecule has 2 aliphatic heterocycles. The predicted octanol–water partition coefficient (Wildman–Crippen LogP) is 4.67. The Morgan fingerprint density at radius 3 is 2.42 bits per heavy atom. The van der Waals surface area contributed by atoms with Gasteiger partial charge in [0, 0.05) is 56.7 Å². The normalized spacial score (nSPS) is 16.8. The number of rotatable bonds is 7. The fraction of sp³-hybridized carbons (Fsp3) is 0.464. The van der Waals surface area contributed by atoms with E-state index in [2.05, 4.69) is 54.2 Å². The molecule has 3 N–H and O–H groups in total. The van der Waals surface area contributed by atoms with Crippen LogP contribution in [0.5, 0.6) is 0 Å². The summed E-state index contributed by atoms with van der Waals surface area (Å²) in [5.74, 6) is -1.09. The van der Waals surface area contributed by atoms with E-state index in [9.17, 15) is 14.0 Å². The molecule has 2 aromatic rings. The number of nitrogens with zero attached hydrogens (tertiary/aromatic N) is 3. The summed E-state index contributed by atoms with van der Waals surface area (Å²) in [6.45, 7) is 7.84. The van der Waals surface area contributed by atoms with E-state index < -0.39 is 11.9 Å². The number of ether oxygens (including phenoxy) is 1. The molecule has 10 heteroatoms. The van der Waals surface area contributed by atoms with Crippen LogP contribution in [0.15, 0.2) is 41.4 Å². The molecule has 206 valence electrons. The highest BCUT2D eigenvalue weighted by Crippen LogP contribution is 2.37. The average molecular weight is 529 g/mol. The van der Waals surface area contributed by atoms with E-state index in [0.29, 0.717) is 17.6 Å². The van der Waals surface area contributed by atoms with Crippen molar-refractivity contribution in [3.8, 4) is 0 Å². The molecule has 2 aromatic carbocycles. The molecule has 2 aliphatic rings. The van der Waals surface area contributed by atoms with Crippen LogP contribution in [0, 0.1) is 5.82 Å². The Balaban J connectivity index is 0.000000436. The lowest BCUT2D eigenvalue weighted by Crippen LogP contribution is -2.53. The Kier molecular flexibility index (Phi) is 10.2. The minimum absolute atomic E-state index is 0.274. The number of aliphatic carboxylic acids is 2. The van der Waals surface area contributed by atoms with Crippen LogP contribution in [-0.4, -0.2) is 84.2 Å². The van der Waals surface area contributed by atoms with Crippen LogP contribution in [0.25, 0.3) is 0 Å². The quantitative estimate of drug-likeness (QED) is 0.475. The van der Waals surface area contributed by atoms with Crippen LogP contribution in [0.4, 0.5) is 21.5 Å². The molecule has 0 spiro atoms. The smallest absolute Gasteiger partial charge is 0.303 e. The lowest BCUT2D eigenvalue weighted by atomic mass is 9.98. The molecule has 0 aliphatic carbocycles. The average Bonchev–Trinajstić information content (AvgIpc) is 3.03. The monoisotopic (exact) mass is 528 g/mol. The molecule has 0 bridgehead atoms. The van der Waals surface area contributed by atoms with E-state index >= 15 is 0 Å². The number of halogens is 1. The van der Waals surface area contributed by atoms with Crippen LogP contribution < -0.4 is 5.32 Å². The summed E-state index contributed by atoms with van der Waals surface area (Å²) >= 11 is 0. The molecule has 38 heavy (non-hydrogen) atoms. The third-order valence-electron chi connectivity index (χ3n) is 6.69. The van der Waals surface area contributed by atoms with E-state index in [0.717, 1.165) is 55.4 Å². The molecule has 4 rings (SSSR count). The molecular formula is C28H37FN4O5. The van der Waals surface area contributed by atoms with E-state index in [-0.39, 0.29) is 18.7 Å². The Morgan fingerprint density at radius 2 is 1.79 bits per heavy atom. The van der Waals surface area contributed by atoms with E-state index in [1.807, 2.05) is 0 Å². The first kappa shape index (κ1) is 29.1. The number of methoxy groups -OCH3 is 1. The van der Waals surface area contributed by atoms with Crippen LogP contribution in [0.2, 0.25) is 0 Å². The number of piperazine rings is 1.